The molecule has 110 valence electrons. The lowest BCUT2D eigenvalue weighted by Gasteiger charge is -2.19. The van der Waals surface area contributed by atoms with Crippen LogP contribution in [0.25, 0.3) is 0 Å². The van der Waals surface area contributed by atoms with Crippen molar-refractivity contribution in [3.05, 3.63) is 40.7 Å². The lowest BCUT2D eigenvalue weighted by molar-refractivity contribution is 0.804. The molecule has 0 fully saturated rings. The fourth-order valence-electron chi connectivity index (χ4n) is 2.74. The molecule has 0 N–H and O–H groups in total. The second kappa shape index (κ2) is 10.2. The number of benzene rings is 1. The average molecular weight is 288 g/mol. The van der Waals surface area contributed by atoms with Crippen LogP contribution in [-0.4, -0.2) is 6.71 Å². The maximum absolute atomic E-state index is 2.33. The highest BCUT2D eigenvalue weighted by Crippen LogP contribution is 2.35. The lowest BCUT2D eigenvalue weighted by Crippen LogP contribution is -2.15. The minimum atomic E-state index is 0.767. The van der Waals surface area contributed by atoms with Crippen LogP contribution in [0.1, 0.15) is 53.4 Å². The molecule has 0 aromatic heterocycles. The zero-order valence-electron chi connectivity index (χ0n) is 13.6. The van der Waals surface area contributed by atoms with Crippen LogP contribution in [0.2, 0.25) is 12.6 Å². The van der Waals surface area contributed by atoms with Crippen molar-refractivity contribution in [1.29, 1.82) is 0 Å². The van der Waals surface area contributed by atoms with Gasteiger partial charge in [-0.25, -0.2) is 0 Å². The highest BCUT2D eigenvalue weighted by molar-refractivity contribution is 8.03. The Morgan fingerprint density at radius 2 is 1.65 bits per heavy atom. The van der Waals surface area contributed by atoms with Gasteiger partial charge in [0.15, 0.2) is 6.71 Å². The van der Waals surface area contributed by atoms with E-state index in [0.29, 0.717) is 0 Å². The molecule has 1 aromatic carbocycles. The zero-order chi connectivity index (χ0) is 14.8. The van der Waals surface area contributed by atoms with Crippen LogP contribution in [0, 0.1) is 0 Å². The largest absolute Gasteiger partial charge is 0.171 e. The highest BCUT2D eigenvalue weighted by Gasteiger charge is 2.17. The van der Waals surface area contributed by atoms with Gasteiger partial charge in [-0.05, 0) is 36.3 Å². The predicted octanol–water partition coefficient (Wildman–Crippen LogP) is 6.71. The van der Waals surface area contributed by atoms with E-state index in [1.54, 1.807) is 10.4 Å². The van der Waals surface area contributed by atoms with Crippen LogP contribution >= 0.6 is 11.8 Å². The van der Waals surface area contributed by atoms with Gasteiger partial charge in [-0.3, -0.25) is 0 Å². The van der Waals surface area contributed by atoms with E-state index in [1.807, 2.05) is 11.8 Å². The Morgan fingerprint density at radius 3 is 2.15 bits per heavy atom. The van der Waals surface area contributed by atoms with Crippen LogP contribution in [0.5, 0.6) is 0 Å². The normalized spacial score (nSPS) is 12.2. The van der Waals surface area contributed by atoms with Crippen molar-refractivity contribution in [3.8, 4) is 0 Å². The smallest absolute Gasteiger partial charge is 0.0954 e. The quantitative estimate of drug-likeness (QED) is 0.359. The topological polar surface area (TPSA) is 0 Å². The molecule has 0 atom stereocenters. The second-order valence-electron chi connectivity index (χ2n) is 5.33. The van der Waals surface area contributed by atoms with Crippen LogP contribution in [-0.2, 0) is 0 Å². The molecular weight excluding hydrogens is 259 g/mol. The number of thioether (sulfide) groups is 1. The predicted molar refractivity (Wildman–Crippen MR) is 95.9 cm³/mol. The number of rotatable bonds is 9. The van der Waals surface area contributed by atoms with E-state index in [9.17, 15) is 0 Å². The van der Waals surface area contributed by atoms with Crippen molar-refractivity contribution in [2.24, 2.45) is 0 Å². The molecule has 1 rings (SSSR count). The first-order valence-corrected chi connectivity index (χ1v) is 9.03. The first kappa shape index (κ1) is 17.4. The molecule has 0 saturated carbocycles. The average Bonchev–Trinajstić information content (AvgIpc) is 2.50. The Bertz CT molecular complexity index is 393. The standard InChI is InChI=1S/C18H29BS/c1-5-9-15-18(17(6-2)19(7-3)8-4)20-16-13-11-10-12-14-16/h10-14H,5-9,15H2,1-4H3/b18-17-. The van der Waals surface area contributed by atoms with Crippen LogP contribution in [0.3, 0.4) is 0 Å². The third-order valence-electron chi connectivity index (χ3n) is 3.96. The van der Waals surface area contributed by atoms with E-state index < -0.39 is 0 Å². The van der Waals surface area contributed by atoms with E-state index in [1.165, 1.54) is 43.2 Å². The van der Waals surface area contributed by atoms with Crippen molar-refractivity contribution in [2.75, 3.05) is 0 Å². The molecule has 2 heteroatoms. The van der Waals surface area contributed by atoms with Gasteiger partial charge in [0.2, 0.25) is 0 Å². The maximum Gasteiger partial charge on any atom is 0.171 e. The second-order valence-corrected chi connectivity index (χ2v) is 6.50. The Balaban J connectivity index is 3.00. The van der Waals surface area contributed by atoms with E-state index in [0.717, 1.165) is 6.71 Å². The van der Waals surface area contributed by atoms with Gasteiger partial charge in [0, 0.05) is 4.90 Å². The van der Waals surface area contributed by atoms with E-state index in [-0.39, 0.29) is 0 Å². The van der Waals surface area contributed by atoms with Crippen LogP contribution in [0.15, 0.2) is 45.6 Å². The van der Waals surface area contributed by atoms with Crippen molar-refractivity contribution >= 4 is 18.5 Å². The summed E-state index contributed by atoms with van der Waals surface area (Å²) in [4.78, 5) is 3.02. The van der Waals surface area contributed by atoms with Gasteiger partial charge in [0.25, 0.3) is 0 Å². The van der Waals surface area contributed by atoms with E-state index in [2.05, 4.69) is 58.0 Å². The molecule has 0 nitrogen and oxygen atoms in total. The van der Waals surface area contributed by atoms with Gasteiger partial charge >= 0.3 is 0 Å². The molecule has 0 unspecified atom stereocenters. The molecule has 1 aromatic rings. The lowest BCUT2D eigenvalue weighted by atomic mass is 9.40. The fraction of sp³-hybridized carbons (Fsp3) is 0.556. The van der Waals surface area contributed by atoms with Gasteiger partial charge in [-0.2, -0.15) is 0 Å². The van der Waals surface area contributed by atoms with Gasteiger partial charge in [0.1, 0.15) is 0 Å². The molecule has 0 bridgehead atoms. The third kappa shape index (κ3) is 5.40. The molecule has 0 aliphatic rings. The molecule has 0 amide bonds. The molecule has 0 aliphatic carbocycles. The zero-order valence-corrected chi connectivity index (χ0v) is 14.4. The van der Waals surface area contributed by atoms with Gasteiger partial charge in [-0.1, -0.05) is 82.2 Å². The first-order chi connectivity index (χ1) is 9.76. The summed E-state index contributed by atoms with van der Waals surface area (Å²) < 4.78 is 0. The van der Waals surface area contributed by atoms with Crippen LogP contribution in [0.4, 0.5) is 0 Å². The highest BCUT2D eigenvalue weighted by atomic mass is 32.2. The summed E-state index contributed by atoms with van der Waals surface area (Å²) in [6, 6.07) is 10.8. The van der Waals surface area contributed by atoms with Gasteiger partial charge in [0.05, 0.1) is 0 Å². The van der Waals surface area contributed by atoms with Crippen molar-refractivity contribution in [1.82, 2.24) is 0 Å². The summed E-state index contributed by atoms with van der Waals surface area (Å²) in [6.07, 6.45) is 7.56. The van der Waals surface area contributed by atoms with Crippen molar-refractivity contribution in [2.45, 2.75) is 70.9 Å². The molecule has 0 heterocycles. The maximum atomic E-state index is 2.33. The Labute approximate surface area is 130 Å². The summed E-state index contributed by atoms with van der Waals surface area (Å²) in [6.45, 7) is 10.0. The van der Waals surface area contributed by atoms with Gasteiger partial charge in [-0.15, -0.1) is 0 Å². The van der Waals surface area contributed by atoms with Gasteiger partial charge < -0.3 is 0 Å². The summed E-state index contributed by atoms with van der Waals surface area (Å²) in [5.41, 5.74) is 1.71. The monoisotopic (exact) mass is 288 g/mol. The summed E-state index contributed by atoms with van der Waals surface area (Å²) >= 11 is 2.00. The molecule has 0 saturated heterocycles. The molecule has 0 spiro atoms. The Morgan fingerprint density at radius 1 is 1.00 bits per heavy atom. The minimum Gasteiger partial charge on any atom is -0.0954 e. The van der Waals surface area contributed by atoms with Crippen molar-refractivity contribution < 1.29 is 0 Å². The summed E-state index contributed by atoms with van der Waals surface area (Å²) in [5.74, 6) is 0. The number of hydrogen-bond acceptors (Lipinski definition) is 1. The molecule has 20 heavy (non-hydrogen) atoms. The minimum absolute atomic E-state index is 0.767. The summed E-state index contributed by atoms with van der Waals surface area (Å²) in [7, 11) is 0. The SMILES string of the molecule is CCCC/C(Sc1ccccc1)=C(\CC)B(CC)CC. The molecule has 0 radical (unpaired) electrons. The van der Waals surface area contributed by atoms with Crippen molar-refractivity contribution in [3.63, 3.8) is 0 Å². The summed E-state index contributed by atoms with van der Waals surface area (Å²) in [5, 5.41) is 0. The molecule has 0 aliphatic heterocycles. The Hall–Kier alpha value is -0.625. The first-order valence-electron chi connectivity index (χ1n) is 8.21. The fourth-order valence-corrected chi connectivity index (χ4v) is 4.01. The number of unbranched alkanes of at least 4 members (excludes halogenated alkanes) is 1. The van der Waals surface area contributed by atoms with E-state index >= 15 is 0 Å². The number of allylic oxidation sites excluding steroid dienone is 2. The molecular formula is C18H29BS. The third-order valence-corrected chi connectivity index (χ3v) is 5.18. The number of hydrogen-bond donors (Lipinski definition) is 0. The van der Waals surface area contributed by atoms with Crippen LogP contribution < -0.4 is 0 Å². The van der Waals surface area contributed by atoms with E-state index in [4.69, 9.17) is 0 Å². The Kier molecular flexibility index (Phi) is 8.85.